The molecular weight excluding hydrogens is 306 g/mol. The van der Waals surface area contributed by atoms with Gasteiger partial charge in [0.2, 0.25) is 0 Å². The Balaban J connectivity index is 1.76. The van der Waals surface area contributed by atoms with Gasteiger partial charge in [-0.3, -0.25) is 4.98 Å². The van der Waals surface area contributed by atoms with Gasteiger partial charge in [0.1, 0.15) is 0 Å². The van der Waals surface area contributed by atoms with E-state index in [1.54, 1.807) is 12.4 Å². The first-order valence-corrected chi connectivity index (χ1v) is 6.68. The van der Waals surface area contributed by atoms with Crippen LogP contribution in [0.1, 0.15) is 11.1 Å². The van der Waals surface area contributed by atoms with Gasteiger partial charge in [-0.05, 0) is 35.4 Å². The number of benzene rings is 1. The first kappa shape index (κ1) is 13.5. The summed E-state index contributed by atoms with van der Waals surface area (Å²) in [6, 6.07) is 11.4. The summed E-state index contributed by atoms with van der Waals surface area (Å²) in [7, 11) is 0. The lowest BCUT2D eigenvalue weighted by Crippen LogP contribution is -2.34. The highest BCUT2D eigenvalue weighted by atomic mass is 79.9. The highest BCUT2D eigenvalue weighted by Gasteiger charge is 2.00. The highest BCUT2D eigenvalue weighted by Crippen LogP contribution is 2.11. The van der Waals surface area contributed by atoms with Crippen LogP contribution in [0.2, 0.25) is 0 Å². The molecule has 0 aliphatic heterocycles. The minimum absolute atomic E-state index is 0.184. The standard InChI is InChI=1S/C14H14BrN3O/c15-13-3-1-2-12(8-13)10-18-14(19)17-9-11-4-6-16-7-5-11/h1-8H,9-10H2,(H2,17,18,19). The van der Waals surface area contributed by atoms with E-state index in [9.17, 15) is 4.79 Å². The summed E-state index contributed by atoms with van der Waals surface area (Å²) in [6.07, 6.45) is 3.41. The molecule has 5 heteroatoms. The van der Waals surface area contributed by atoms with Gasteiger partial charge in [-0.15, -0.1) is 0 Å². The number of urea groups is 1. The maximum absolute atomic E-state index is 11.6. The second kappa shape index (κ2) is 6.89. The molecule has 0 atom stereocenters. The Morgan fingerprint density at radius 2 is 1.74 bits per heavy atom. The van der Waals surface area contributed by atoms with Crippen LogP contribution in [0.15, 0.2) is 53.3 Å². The smallest absolute Gasteiger partial charge is 0.315 e. The van der Waals surface area contributed by atoms with Crippen molar-refractivity contribution in [2.24, 2.45) is 0 Å². The van der Waals surface area contributed by atoms with Crippen LogP contribution in [-0.2, 0) is 13.1 Å². The van der Waals surface area contributed by atoms with Crippen LogP contribution >= 0.6 is 15.9 Å². The number of halogens is 1. The summed E-state index contributed by atoms with van der Waals surface area (Å²) >= 11 is 3.40. The Bertz CT molecular complexity index is 545. The van der Waals surface area contributed by atoms with Crippen molar-refractivity contribution >= 4 is 22.0 Å². The van der Waals surface area contributed by atoms with E-state index < -0.39 is 0 Å². The van der Waals surface area contributed by atoms with Crippen LogP contribution in [0.5, 0.6) is 0 Å². The van der Waals surface area contributed by atoms with E-state index in [2.05, 4.69) is 31.5 Å². The van der Waals surface area contributed by atoms with E-state index in [4.69, 9.17) is 0 Å². The average Bonchev–Trinajstić information content (AvgIpc) is 2.44. The summed E-state index contributed by atoms with van der Waals surface area (Å²) in [5.74, 6) is 0. The Kier molecular flexibility index (Phi) is 4.92. The molecule has 4 nitrogen and oxygen atoms in total. The lowest BCUT2D eigenvalue weighted by molar-refractivity contribution is 0.240. The van der Waals surface area contributed by atoms with E-state index in [0.29, 0.717) is 13.1 Å². The normalized spacial score (nSPS) is 9.95. The number of pyridine rings is 1. The molecule has 0 unspecified atom stereocenters. The fraction of sp³-hybridized carbons (Fsp3) is 0.143. The fourth-order valence-corrected chi connectivity index (χ4v) is 2.02. The number of carbonyl (C=O) groups excluding carboxylic acids is 1. The quantitative estimate of drug-likeness (QED) is 0.910. The summed E-state index contributed by atoms with van der Waals surface area (Å²) < 4.78 is 1.00. The summed E-state index contributed by atoms with van der Waals surface area (Å²) in [5, 5.41) is 5.60. The number of nitrogens with zero attached hydrogens (tertiary/aromatic N) is 1. The third-order valence-corrected chi connectivity index (χ3v) is 3.04. The minimum Gasteiger partial charge on any atom is -0.334 e. The zero-order valence-corrected chi connectivity index (χ0v) is 11.9. The number of nitrogens with one attached hydrogen (secondary N) is 2. The lowest BCUT2D eigenvalue weighted by Gasteiger charge is -2.08. The van der Waals surface area contributed by atoms with E-state index in [0.717, 1.165) is 15.6 Å². The van der Waals surface area contributed by atoms with Gasteiger partial charge < -0.3 is 10.6 Å². The first-order valence-electron chi connectivity index (χ1n) is 5.89. The van der Waals surface area contributed by atoms with E-state index >= 15 is 0 Å². The SMILES string of the molecule is O=C(NCc1ccncc1)NCc1cccc(Br)c1. The molecule has 2 aromatic rings. The monoisotopic (exact) mass is 319 g/mol. The predicted molar refractivity (Wildman–Crippen MR) is 77.5 cm³/mol. The van der Waals surface area contributed by atoms with Crippen molar-refractivity contribution in [1.29, 1.82) is 0 Å². The first-order chi connectivity index (χ1) is 9.24. The molecular formula is C14H14BrN3O. The Morgan fingerprint density at radius 1 is 1.05 bits per heavy atom. The molecule has 1 aromatic carbocycles. The topological polar surface area (TPSA) is 54.0 Å². The van der Waals surface area contributed by atoms with Crippen LogP contribution in [0.4, 0.5) is 4.79 Å². The number of hydrogen-bond acceptors (Lipinski definition) is 2. The minimum atomic E-state index is -0.184. The van der Waals surface area contributed by atoms with Crippen LogP contribution in [0.25, 0.3) is 0 Å². The van der Waals surface area contributed by atoms with E-state index in [1.165, 1.54) is 0 Å². The Hall–Kier alpha value is -1.88. The molecule has 2 N–H and O–H groups in total. The van der Waals surface area contributed by atoms with Gasteiger partial charge in [-0.2, -0.15) is 0 Å². The van der Waals surface area contributed by atoms with Gasteiger partial charge in [0.05, 0.1) is 0 Å². The van der Waals surface area contributed by atoms with Gasteiger partial charge in [-0.1, -0.05) is 28.1 Å². The molecule has 1 heterocycles. The van der Waals surface area contributed by atoms with Gasteiger partial charge in [-0.25, -0.2) is 4.79 Å². The lowest BCUT2D eigenvalue weighted by atomic mass is 10.2. The third kappa shape index (κ3) is 4.71. The largest absolute Gasteiger partial charge is 0.334 e. The van der Waals surface area contributed by atoms with Crippen molar-refractivity contribution in [3.8, 4) is 0 Å². The molecule has 0 aliphatic rings. The molecule has 1 aromatic heterocycles. The second-order valence-corrected chi connectivity index (χ2v) is 4.94. The number of amides is 2. The zero-order chi connectivity index (χ0) is 13.5. The fourth-order valence-electron chi connectivity index (χ4n) is 1.57. The van der Waals surface area contributed by atoms with Crippen LogP contribution in [0.3, 0.4) is 0 Å². The molecule has 0 spiro atoms. The molecule has 0 saturated carbocycles. The number of rotatable bonds is 4. The van der Waals surface area contributed by atoms with Gasteiger partial charge in [0.25, 0.3) is 0 Å². The average molecular weight is 320 g/mol. The molecule has 0 fully saturated rings. The maximum atomic E-state index is 11.6. The number of carbonyl (C=O) groups is 1. The van der Waals surface area contributed by atoms with Crippen LogP contribution in [-0.4, -0.2) is 11.0 Å². The van der Waals surface area contributed by atoms with Gasteiger partial charge >= 0.3 is 6.03 Å². The van der Waals surface area contributed by atoms with Crippen molar-refractivity contribution in [3.05, 3.63) is 64.4 Å². The van der Waals surface area contributed by atoms with E-state index in [-0.39, 0.29) is 6.03 Å². The van der Waals surface area contributed by atoms with Crippen molar-refractivity contribution in [2.45, 2.75) is 13.1 Å². The molecule has 0 saturated heterocycles. The van der Waals surface area contributed by atoms with Crippen molar-refractivity contribution in [1.82, 2.24) is 15.6 Å². The van der Waals surface area contributed by atoms with Crippen LogP contribution in [0, 0.1) is 0 Å². The molecule has 0 radical (unpaired) electrons. The predicted octanol–water partition coefficient (Wildman–Crippen LogP) is 2.84. The molecule has 2 rings (SSSR count). The van der Waals surface area contributed by atoms with Crippen molar-refractivity contribution in [2.75, 3.05) is 0 Å². The van der Waals surface area contributed by atoms with E-state index in [1.807, 2.05) is 36.4 Å². The molecule has 2 amide bonds. The van der Waals surface area contributed by atoms with Gasteiger partial charge in [0, 0.05) is 30.0 Å². The molecule has 19 heavy (non-hydrogen) atoms. The second-order valence-electron chi connectivity index (χ2n) is 4.02. The summed E-state index contributed by atoms with van der Waals surface area (Å²) in [4.78, 5) is 15.5. The zero-order valence-electron chi connectivity index (χ0n) is 10.3. The summed E-state index contributed by atoms with van der Waals surface area (Å²) in [5.41, 5.74) is 2.07. The molecule has 0 aliphatic carbocycles. The van der Waals surface area contributed by atoms with Gasteiger partial charge in [0.15, 0.2) is 0 Å². The number of aromatic nitrogens is 1. The molecule has 98 valence electrons. The Morgan fingerprint density at radius 3 is 2.42 bits per heavy atom. The van der Waals surface area contributed by atoms with Crippen molar-refractivity contribution < 1.29 is 4.79 Å². The third-order valence-electron chi connectivity index (χ3n) is 2.54. The maximum Gasteiger partial charge on any atom is 0.315 e. The van der Waals surface area contributed by atoms with Crippen molar-refractivity contribution in [3.63, 3.8) is 0 Å². The molecule has 0 bridgehead atoms. The van der Waals surface area contributed by atoms with Crippen LogP contribution < -0.4 is 10.6 Å². The Labute approximate surface area is 120 Å². The summed E-state index contributed by atoms with van der Waals surface area (Å²) in [6.45, 7) is 0.995. The number of hydrogen-bond donors (Lipinski definition) is 2. The highest BCUT2D eigenvalue weighted by molar-refractivity contribution is 9.10.